The number of likely N-dealkylation sites (tertiary alicyclic amines) is 1. The monoisotopic (exact) mass is 423 g/mol. The number of piperidine rings is 1. The Balaban J connectivity index is 1.50. The van der Waals surface area contributed by atoms with Crippen LogP contribution >= 0.6 is 23.2 Å². The molecule has 2 N–H and O–H groups in total. The van der Waals surface area contributed by atoms with Crippen molar-refractivity contribution >= 4 is 29.2 Å². The Kier molecular flexibility index (Phi) is 7.53. The Morgan fingerprint density at radius 2 is 2.04 bits per heavy atom. The summed E-state index contributed by atoms with van der Waals surface area (Å²) in [6.07, 6.45) is 3.68. The van der Waals surface area contributed by atoms with Crippen molar-refractivity contribution in [1.82, 2.24) is 30.3 Å². The number of aryl methyl sites for hydroxylation is 1. The first-order chi connectivity index (χ1) is 13.5. The number of aliphatic imine (C=N–C) groups is 1. The van der Waals surface area contributed by atoms with Crippen LogP contribution < -0.4 is 10.6 Å². The van der Waals surface area contributed by atoms with Gasteiger partial charge in [0, 0.05) is 39.3 Å². The molecule has 1 aromatic heterocycles. The van der Waals surface area contributed by atoms with Gasteiger partial charge in [0.05, 0.1) is 10.0 Å². The van der Waals surface area contributed by atoms with E-state index in [0.717, 1.165) is 50.8 Å². The van der Waals surface area contributed by atoms with E-state index in [1.165, 1.54) is 5.56 Å². The molecule has 0 saturated carbocycles. The van der Waals surface area contributed by atoms with E-state index in [2.05, 4.69) is 37.5 Å². The van der Waals surface area contributed by atoms with Crippen LogP contribution in [0.25, 0.3) is 0 Å². The van der Waals surface area contributed by atoms with Crippen LogP contribution in [0.2, 0.25) is 10.0 Å². The Hall–Kier alpha value is -1.83. The van der Waals surface area contributed by atoms with E-state index < -0.39 is 0 Å². The summed E-state index contributed by atoms with van der Waals surface area (Å²) < 4.78 is 1.74. The minimum absolute atomic E-state index is 0.405. The van der Waals surface area contributed by atoms with E-state index in [1.807, 2.05) is 25.2 Å². The zero-order chi connectivity index (χ0) is 19.9. The van der Waals surface area contributed by atoms with Gasteiger partial charge in [0.2, 0.25) is 0 Å². The molecule has 152 valence electrons. The minimum Gasteiger partial charge on any atom is -0.357 e. The number of aromatic nitrogens is 3. The number of benzene rings is 1. The molecule has 28 heavy (non-hydrogen) atoms. The highest BCUT2D eigenvalue weighted by Gasteiger charge is 2.20. The fourth-order valence-electron chi connectivity index (χ4n) is 3.26. The second-order valence-electron chi connectivity index (χ2n) is 6.94. The van der Waals surface area contributed by atoms with Gasteiger partial charge in [-0.2, -0.15) is 5.10 Å². The molecule has 0 radical (unpaired) electrons. The van der Waals surface area contributed by atoms with Gasteiger partial charge in [0.15, 0.2) is 5.96 Å². The Labute approximate surface area is 176 Å². The zero-order valence-corrected chi connectivity index (χ0v) is 17.8. The molecule has 0 amide bonds. The van der Waals surface area contributed by atoms with Crippen molar-refractivity contribution in [3.63, 3.8) is 0 Å². The number of rotatable bonds is 6. The maximum atomic E-state index is 6.13. The van der Waals surface area contributed by atoms with E-state index in [-0.39, 0.29) is 0 Å². The van der Waals surface area contributed by atoms with Crippen LogP contribution in [-0.4, -0.2) is 51.3 Å². The van der Waals surface area contributed by atoms with Crippen LogP contribution in [0.5, 0.6) is 0 Å². The quantitative estimate of drug-likeness (QED) is 0.551. The number of hydrogen-bond acceptors (Lipinski definition) is 4. The molecule has 9 heteroatoms. The van der Waals surface area contributed by atoms with Crippen molar-refractivity contribution in [3.05, 3.63) is 46.0 Å². The fraction of sp³-hybridized carbons (Fsp3) is 0.526. The van der Waals surface area contributed by atoms with Crippen LogP contribution in [0.3, 0.4) is 0 Å². The van der Waals surface area contributed by atoms with Crippen molar-refractivity contribution in [1.29, 1.82) is 0 Å². The molecule has 2 aromatic rings. The normalized spacial score (nSPS) is 16.4. The summed E-state index contributed by atoms with van der Waals surface area (Å²) in [6, 6.07) is 6.27. The topological polar surface area (TPSA) is 70.4 Å². The molecule has 7 nitrogen and oxygen atoms in total. The van der Waals surface area contributed by atoms with Crippen molar-refractivity contribution < 1.29 is 0 Å². The molecule has 0 unspecified atom stereocenters. The first-order valence-corrected chi connectivity index (χ1v) is 10.3. The van der Waals surface area contributed by atoms with Crippen molar-refractivity contribution in [2.75, 3.05) is 19.6 Å². The van der Waals surface area contributed by atoms with Gasteiger partial charge in [-0.1, -0.05) is 29.3 Å². The van der Waals surface area contributed by atoms with E-state index in [1.54, 1.807) is 11.0 Å². The van der Waals surface area contributed by atoms with E-state index in [0.29, 0.717) is 22.6 Å². The molecule has 2 heterocycles. The van der Waals surface area contributed by atoms with Gasteiger partial charge in [-0.3, -0.25) is 9.58 Å². The lowest BCUT2D eigenvalue weighted by molar-refractivity contribution is 0.198. The molecule has 3 rings (SSSR count). The molecule has 0 spiro atoms. The van der Waals surface area contributed by atoms with Crippen molar-refractivity contribution in [3.8, 4) is 0 Å². The van der Waals surface area contributed by atoms with Gasteiger partial charge in [0.25, 0.3) is 0 Å². The number of nitrogens with zero attached hydrogens (tertiary/aromatic N) is 5. The molecule has 1 saturated heterocycles. The first-order valence-electron chi connectivity index (χ1n) is 9.59. The van der Waals surface area contributed by atoms with Crippen LogP contribution in [0.15, 0.2) is 29.5 Å². The van der Waals surface area contributed by atoms with Gasteiger partial charge in [-0.05, 0) is 37.5 Å². The third-order valence-electron chi connectivity index (χ3n) is 4.85. The number of halogens is 2. The molecule has 0 bridgehead atoms. The second kappa shape index (κ2) is 10.1. The molecule has 1 aliphatic heterocycles. The number of nitrogens with one attached hydrogen (secondary N) is 2. The van der Waals surface area contributed by atoms with Crippen molar-refractivity contribution in [2.24, 2.45) is 12.0 Å². The maximum absolute atomic E-state index is 6.13. The molecular formula is C19H27Cl2N7. The molecular weight excluding hydrogens is 397 g/mol. The summed E-state index contributed by atoms with van der Waals surface area (Å²) in [7, 11) is 1.88. The predicted octanol–water partition coefficient (Wildman–Crippen LogP) is 2.84. The Morgan fingerprint density at radius 3 is 2.68 bits per heavy atom. The van der Waals surface area contributed by atoms with E-state index in [9.17, 15) is 0 Å². The lowest BCUT2D eigenvalue weighted by Crippen LogP contribution is -2.48. The smallest absolute Gasteiger partial charge is 0.191 e. The summed E-state index contributed by atoms with van der Waals surface area (Å²) >= 11 is 12.1. The minimum atomic E-state index is 0.405. The SMILES string of the molecule is CCNC(=NCc1ncnn1C)NC1CCN(Cc2ccc(Cl)c(Cl)c2)CC1. The second-order valence-corrected chi connectivity index (χ2v) is 7.75. The summed E-state index contributed by atoms with van der Waals surface area (Å²) in [5, 5.41) is 12.2. The number of hydrogen-bond donors (Lipinski definition) is 2. The van der Waals surface area contributed by atoms with Gasteiger partial charge in [-0.15, -0.1) is 0 Å². The largest absolute Gasteiger partial charge is 0.357 e. The highest BCUT2D eigenvalue weighted by atomic mass is 35.5. The van der Waals surface area contributed by atoms with Crippen LogP contribution in [0, 0.1) is 0 Å². The molecule has 0 atom stereocenters. The average molecular weight is 424 g/mol. The third kappa shape index (κ3) is 5.83. The third-order valence-corrected chi connectivity index (χ3v) is 5.59. The van der Waals surface area contributed by atoms with Crippen molar-refractivity contribution in [2.45, 2.75) is 38.9 Å². The zero-order valence-electron chi connectivity index (χ0n) is 16.3. The first kappa shape index (κ1) is 20.9. The number of guanidine groups is 1. The highest BCUT2D eigenvalue weighted by molar-refractivity contribution is 6.42. The van der Waals surface area contributed by atoms with E-state index in [4.69, 9.17) is 23.2 Å². The molecule has 1 aromatic carbocycles. The van der Waals surface area contributed by atoms with Crippen LogP contribution in [0.4, 0.5) is 0 Å². The lowest BCUT2D eigenvalue weighted by atomic mass is 10.0. The predicted molar refractivity (Wildman–Crippen MR) is 114 cm³/mol. The summed E-state index contributed by atoms with van der Waals surface area (Å²) in [5.74, 6) is 1.67. The maximum Gasteiger partial charge on any atom is 0.191 e. The molecule has 0 aliphatic carbocycles. The molecule has 1 aliphatic rings. The van der Waals surface area contributed by atoms with Crippen LogP contribution in [-0.2, 0) is 20.1 Å². The summed E-state index contributed by atoms with van der Waals surface area (Å²) in [5.41, 5.74) is 1.19. The van der Waals surface area contributed by atoms with Gasteiger partial charge < -0.3 is 10.6 Å². The fourth-order valence-corrected chi connectivity index (χ4v) is 3.58. The van der Waals surface area contributed by atoms with Gasteiger partial charge in [0.1, 0.15) is 18.7 Å². The lowest BCUT2D eigenvalue weighted by Gasteiger charge is -2.33. The van der Waals surface area contributed by atoms with Crippen LogP contribution in [0.1, 0.15) is 31.2 Å². The van der Waals surface area contributed by atoms with Gasteiger partial charge >= 0.3 is 0 Å². The molecule has 1 fully saturated rings. The van der Waals surface area contributed by atoms with Gasteiger partial charge in [-0.25, -0.2) is 9.98 Å². The average Bonchev–Trinajstić information content (AvgIpc) is 3.09. The van der Waals surface area contributed by atoms with E-state index >= 15 is 0 Å². The summed E-state index contributed by atoms with van der Waals surface area (Å²) in [6.45, 7) is 6.34. The highest BCUT2D eigenvalue weighted by Crippen LogP contribution is 2.24. The summed E-state index contributed by atoms with van der Waals surface area (Å²) in [4.78, 5) is 11.3. The standard InChI is InChI=1S/C19H27Cl2N7/c1-3-22-19(23-11-18-24-13-25-27(18)2)26-15-6-8-28(9-7-15)12-14-4-5-16(20)17(21)10-14/h4-5,10,13,15H,3,6-9,11-12H2,1-2H3,(H2,22,23,26). The Bertz CT molecular complexity index is 797. The Morgan fingerprint density at radius 1 is 1.25 bits per heavy atom.